The molecule has 0 spiro atoms. The second kappa shape index (κ2) is 14.5. The molecule has 4 amide bonds. The van der Waals surface area contributed by atoms with Crippen molar-refractivity contribution in [3.8, 4) is 0 Å². The third-order valence-corrected chi connectivity index (χ3v) is 5.27. The summed E-state index contributed by atoms with van der Waals surface area (Å²) in [5.41, 5.74) is -0.624. The van der Waals surface area contributed by atoms with Crippen LogP contribution in [0.3, 0.4) is 0 Å². The molecule has 0 aliphatic heterocycles. The molecule has 0 aromatic carbocycles. The summed E-state index contributed by atoms with van der Waals surface area (Å²) in [6.07, 6.45) is 9.07. The average molecular weight is 427 g/mol. The van der Waals surface area contributed by atoms with E-state index in [0.29, 0.717) is 26.2 Å². The highest BCUT2D eigenvalue weighted by Gasteiger charge is 2.31. The third-order valence-electron chi connectivity index (χ3n) is 5.27. The van der Waals surface area contributed by atoms with Crippen LogP contribution in [0.2, 0.25) is 0 Å². The van der Waals surface area contributed by atoms with Crippen molar-refractivity contribution in [3.05, 3.63) is 0 Å². The summed E-state index contributed by atoms with van der Waals surface area (Å²) in [7, 11) is 0. The van der Waals surface area contributed by atoms with Gasteiger partial charge in [0.2, 0.25) is 0 Å². The van der Waals surface area contributed by atoms with E-state index < -0.39 is 0 Å². The van der Waals surface area contributed by atoms with E-state index in [0.717, 1.165) is 25.7 Å². The van der Waals surface area contributed by atoms with Crippen molar-refractivity contribution in [1.29, 1.82) is 0 Å². The highest BCUT2D eigenvalue weighted by Crippen LogP contribution is 2.17. The molecule has 0 saturated heterocycles. The Morgan fingerprint density at radius 2 is 0.933 bits per heavy atom. The van der Waals surface area contributed by atoms with Gasteiger partial charge in [0.1, 0.15) is 0 Å². The van der Waals surface area contributed by atoms with Gasteiger partial charge in [-0.15, -0.1) is 0 Å². The number of unbranched alkanes of at least 4 members (excludes halogenated alkanes) is 6. The first kappa shape index (κ1) is 28.5. The molecular weight excluding hydrogens is 376 g/mol. The van der Waals surface area contributed by atoms with Crippen LogP contribution in [0.1, 0.15) is 107 Å². The van der Waals surface area contributed by atoms with E-state index in [-0.39, 0.29) is 23.1 Å². The Labute approximate surface area is 186 Å². The minimum atomic E-state index is -0.312. The molecule has 0 aliphatic rings. The lowest BCUT2D eigenvalue weighted by Gasteiger charge is -2.40. The lowest BCUT2D eigenvalue weighted by atomic mass is 10.0. The molecule has 0 aromatic heterocycles. The predicted molar refractivity (Wildman–Crippen MR) is 128 cm³/mol. The maximum absolute atomic E-state index is 12.8. The van der Waals surface area contributed by atoms with Gasteiger partial charge in [0.15, 0.2) is 0 Å². The molecule has 0 aliphatic carbocycles. The van der Waals surface area contributed by atoms with Crippen LogP contribution in [0, 0.1) is 0 Å². The maximum atomic E-state index is 12.8. The fourth-order valence-electron chi connectivity index (χ4n) is 3.37. The first-order valence-corrected chi connectivity index (χ1v) is 12.1. The number of carbonyl (C=O) groups excluding carboxylic acids is 2. The number of nitrogens with zero attached hydrogens (tertiary/aromatic N) is 2. The largest absolute Gasteiger partial charge is 0.338 e. The molecule has 0 fully saturated rings. The highest BCUT2D eigenvalue weighted by molar-refractivity contribution is 5.76. The van der Waals surface area contributed by atoms with Gasteiger partial charge < -0.3 is 20.4 Å². The summed E-state index contributed by atoms with van der Waals surface area (Å²) >= 11 is 0. The van der Waals surface area contributed by atoms with Crippen LogP contribution in [0.5, 0.6) is 0 Å². The second-order valence-corrected chi connectivity index (χ2v) is 10.2. The summed E-state index contributed by atoms with van der Waals surface area (Å²) in [5, 5.41) is 6.12. The molecule has 0 unspecified atom stereocenters. The minimum Gasteiger partial charge on any atom is -0.338 e. The predicted octanol–water partition coefficient (Wildman–Crippen LogP) is 5.77. The summed E-state index contributed by atoms with van der Waals surface area (Å²) in [6.45, 7) is 19.0. The fraction of sp³-hybridized carbons (Fsp3) is 0.917. The van der Waals surface area contributed by atoms with Crippen molar-refractivity contribution in [2.45, 2.75) is 118 Å². The number of hydrogen-bond acceptors (Lipinski definition) is 2. The minimum absolute atomic E-state index is 0.0483. The van der Waals surface area contributed by atoms with Crippen LogP contribution in [0.4, 0.5) is 9.59 Å². The Morgan fingerprint density at radius 3 is 1.20 bits per heavy atom. The quantitative estimate of drug-likeness (QED) is 0.367. The van der Waals surface area contributed by atoms with Crippen LogP contribution >= 0.6 is 0 Å². The fourth-order valence-corrected chi connectivity index (χ4v) is 3.37. The molecule has 0 radical (unpaired) electrons. The van der Waals surface area contributed by atoms with Crippen molar-refractivity contribution in [2.75, 3.05) is 26.2 Å². The van der Waals surface area contributed by atoms with E-state index in [9.17, 15) is 9.59 Å². The molecule has 0 heterocycles. The van der Waals surface area contributed by atoms with Gasteiger partial charge >= 0.3 is 12.1 Å². The molecule has 0 atom stereocenters. The van der Waals surface area contributed by atoms with Crippen LogP contribution < -0.4 is 10.6 Å². The lowest BCUT2D eigenvalue weighted by Crippen LogP contribution is -2.57. The summed E-state index contributed by atoms with van der Waals surface area (Å²) in [4.78, 5) is 29.3. The number of rotatable bonds is 13. The van der Waals surface area contributed by atoms with E-state index in [2.05, 4.69) is 24.5 Å². The Bertz CT molecular complexity index is 437. The summed E-state index contributed by atoms with van der Waals surface area (Å²) < 4.78 is 0. The number of urea groups is 2. The number of nitrogens with one attached hydrogen (secondary N) is 2. The first-order chi connectivity index (χ1) is 13.9. The normalized spacial score (nSPS) is 11.9. The van der Waals surface area contributed by atoms with E-state index in [1.165, 1.54) is 25.7 Å². The Balaban J connectivity index is 4.85. The van der Waals surface area contributed by atoms with E-state index >= 15 is 0 Å². The van der Waals surface area contributed by atoms with Gasteiger partial charge in [0.25, 0.3) is 0 Å². The monoisotopic (exact) mass is 426 g/mol. The number of hydrogen-bond donors (Lipinski definition) is 2. The van der Waals surface area contributed by atoms with Crippen LogP contribution in [-0.4, -0.2) is 59.1 Å². The lowest BCUT2D eigenvalue weighted by molar-refractivity contribution is 0.106. The topological polar surface area (TPSA) is 64.7 Å². The number of amides is 4. The summed E-state index contributed by atoms with van der Waals surface area (Å²) in [6, 6.07) is -0.0966. The van der Waals surface area contributed by atoms with Crippen molar-refractivity contribution in [2.24, 2.45) is 0 Å². The SMILES string of the molecule is CCCCCCNC(=O)N(CCN(C(=O)NCCCCCC)C(C)(C)C)C(C)(C)C. The van der Waals surface area contributed by atoms with Gasteiger partial charge in [-0.3, -0.25) is 0 Å². The zero-order valence-electron chi connectivity index (χ0n) is 21.2. The zero-order valence-corrected chi connectivity index (χ0v) is 21.2. The van der Waals surface area contributed by atoms with Crippen molar-refractivity contribution in [1.82, 2.24) is 20.4 Å². The average Bonchev–Trinajstić information content (AvgIpc) is 2.62. The molecular formula is C24H50N4O2. The van der Waals surface area contributed by atoms with Gasteiger partial charge in [0, 0.05) is 37.3 Å². The summed E-state index contributed by atoms with van der Waals surface area (Å²) in [5.74, 6) is 0. The zero-order chi connectivity index (χ0) is 23.2. The Morgan fingerprint density at radius 1 is 0.600 bits per heavy atom. The standard InChI is InChI=1S/C24H50N4O2/c1-9-11-13-15-17-25-21(29)27(23(3,4)5)19-20-28(24(6,7)8)22(30)26-18-16-14-12-10-2/h9-20H2,1-8H3,(H,25,29)(H,26,30). The third kappa shape index (κ3) is 12.3. The second-order valence-electron chi connectivity index (χ2n) is 10.2. The maximum Gasteiger partial charge on any atom is 0.317 e. The molecule has 6 nitrogen and oxygen atoms in total. The van der Waals surface area contributed by atoms with Gasteiger partial charge in [-0.05, 0) is 54.4 Å². The molecule has 30 heavy (non-hydrogen) atoms. The Kier molecular flexibility index (Phi) is 13.8. The Hall–Kier alpha value is -1.46. The van der Waals surface area contributed by atoms with Crippen LogP contribution in [-0.2, 0) is 0 Å². The van der Waals surface area contributed by atoms with Crippen LogP contribution in [0.15, 0.2) is 0 Å². The van der Waals surface area contributed by atoms with Gasteiger partial charge in [-0.1, -0.05) is 52.4 Å². The van der Waals surface area contributed by atoms with Crippen molar-refractivity contribution in [3.63, 3.8) is 0 Å². The van der Waals surface area contributed by atoms with Gasteiger partial charge in [-0.25, -0.2) is 9.59 Å². The smallest absolute Gasteiger partial charge is 0.317 e. The van der Waals surface area contributed by atoms with Gasteiger partial charge in [0.05, 0.1) is 0 Å². The molecule has 0 bridgehead atoms. The molecule has 6 heteroatoms. The molecule has 178 valence electrons. The van der Waals surface area contributed by atoms with Crippen molar-refractivity contribution >= 4 is 12.1 Å². The van der Waals surface area contributed by atoms with Crippen molar-refractivity contribution < 1.29 is 9.59 Å². The first-order valence-electron chi connectivity index (χ1n) is 12.1. The van der Waals surface area contributed by atoms with Crippen LogP contribution in [0.25, 0.3) is 0 Å². The molecule has 0 rings (SSSR count). The van der Waals surface area contributed by atoms with Gasteiger partial charge in [-0.2, -0.15) is 0 Å². The van der Waals surface area contributed by atoms with E-state index in [1.54, 1.807) is 0 Å². The molecule has 0 saturated carbocycles. The molecule has 0 aromatic rings. The number of carbonyl (C=O) groups is 2. The highest BCUT2D eigenvalue weighted by atomic mass is 16.2. The van der Waals surface area contributed by atoms with E-state index in [1.807, 2.05) is 51.3 Å². The van der Waals surface area contributed by atoms with E-state index in [4.69, 9.17) is 0 Å². The molecule has 2 N–H and O–H groups in total.